The molecule has 1 aliphatic rings. The molecule has 1 saturated carbocycles. The van der Waals surface area contributed by atoms with Gasteiger partial charge in [0.1, 0.15) is 6.54 Å². The summed E-state index contributed by atoms with van der Waals surface area (Å²) in [6.07, 6.45) is 2.17. The molecule has 2 unspecified atom stereocenters. The minimum atomic E-state index is -3.87. The molecule has 0 heterocycles. The molecule has 1 fully saturated rings. The van der Waals surface area contributed by atoms with Crippen molar-refractivity contribution in [1.82, 2.24) is 4.72 Å². The highest BCUT2D eigenvalue weighted by molar-refractivity contribution is 7.89. The third-order valence-corrected chi connectivity index (χ3v) is 5.29. The van der Waals surface area contributed by atoms with Crippen LogP contribution in [0.15, 0.2) is 29.2 Å². The first kappa shape index (κ1) is 21.4. The fourth-order valence-electron chi connectivity index (χ4n) is 2.55. The number of esters is 1. The number of carbonyl (C=O) groups excluding carboxylic acids is 2. The van der Waals surface area contributed by atoms with Crippen LogP contribution in [-0.4, -0.2) is 40.0 Å². The van der Waals surface area contributed by atoms with Crippen molar-refractivity contribution in [3.63, 3.8) is 0 Å². The van der Waals surface area contributed by atoms with Crippen molar-refractivity contribution in [3.8, 4) is 0 Å². The van der Waals surface area contributed by atoms with E-state index in [4.69, 9.17) is 5.73 Å². The number of nitrogens with two attached hydrogens (primary N) is 1. The van der Waals surface area contributed by atoms with E-state index in [1.54, 1.807) is 6.07 Å². The van der Waals surface area contributed by atoms with Crippen LogP contribution in [0.4, 0.5) is 5.69 Å². The molecule has 0 aromatic heterocycles. The third-order valence-electron chi connectivity index (χ3n) is 3.89. The lowest BCUT2D eigenvalue weighted by molar-refractivity contribution is -0.139. The van der Waals surface area contributed by atoms with E-state index in [1.165, 1.54) is 25.3 Å². The Bertz CT molecular complexity index is 726. The van der Waals surface area contributed by atoms with Gasteiger partial charge in [0, 0.05) is 17.6 Å². The van der Waals surface area contributed by atoms with Crippen LogP contribution in [-0.2, 0) is 24.3 Å². The number of rotatable bonds is 6. The molecule has 1 aliphatic carbocycles. The molecular weight excluding hydrogens is 370 g/mol. The highest BCUT2D eigenvalue weighted by Gasteiger charge is 2.28. The summed E-state index contributed by atoms with van der Waals surface area (Å²) in [5, 5.41) is 2.71. The Hall–Kier alpha value is -1.68. The maximum Gasteiger partial charge on any atom is 0.320 e. The Kier molecular flexibility index (Phi) is 7.81. The molecule has 140 valence electrons. The van der Waals surface area contributed by atoms with E-state index >= 15 is 0 Å². The molecule has 2 atom stereocenters. The fourth-order valence-corrected chi connectivity index (χ4v) is 3.56. The molecule has 0 aliphatic heterocycles. The SMILES string of the molecule is COC(=O)CNS(=O)(=O)c1cccc(NC(=O)C2CCC(N)C2)c1.Cl. The van der Waals surface area contributed by atoms with Gasteiger partial charge in [-0.05, 0) is 37.5 Å². The van der Waals surface area contributed by atoms with Gasteiger partial charge in [-0.2, -0.15) is 4.72 Å². The summed E-state index contributed by atoms with van der Waals surface area (Å²) in [7, 11) is -2.71. The van der Waals surface area contributed by atoms with Gasteiger partial charge in [0.25, 0.3) is 0 Å². The monoisotopic (exact) mass is 391 g/mol. The standard InChI is InChI=1S/C15H21N3O5S.ClH/c1-23-14(19)9-17-24(21,22)13-4-2-3-12(8-13)18-15(20)10-5-6-11(16)7-10;/h2-4,8,10-11,17H,5-7,9,16H2,1H3,(H,18,20);1H. The summed E-state index contributed by atoms with van der Waals surface area (Å²) >= 11 is 0. The molecule has 0 spiro atoms. The molecule has 10 heteroatoms. The first-order valence-electron chi connectivity index (χ1n) is 7.55. The number of anilines is 1. The van der Waals surface area contributed by atoms with Crippen molar-refractivity contribution in [2.75, 3.05) is 19.0 Å². The van der Waals surface area contributed by atoms with Crippen molar-refractivity contribution < 1.29 is 22.7 Å². The molecule has 8 nitrogen and oxygen atoms in total. The number of sulfonamides is 1. The number of hydrogen-bond donors (Lipinski definition) is 3. The van der Waals surface area contributed by atoms with E-state index in [2.05, 4.69) is 14.8 Å². The first-order chi connectivity index (χ1) is 11.3. The molecule has 0 bridgehead atoms. The van der Waals surface area contributed by atoms with E-state index in [1.807, 2.05) is 0 Å². The zero-order chi connectivity index (χ0) is 17.7. The largest absolute Gasteiger partial charge is 0.468 e. The number of ether oxygens (including phenoxy) is 1. The number of methoxy groups -OCH3 is 1. The molecule has 2 rings (SSSR count). The number of nitrogens with one attached hydrogen (secondary N) is 2. The first-order valence-corrected chi connectivity index (χ1v) is 9.03. The summed E-state index contributed by atoms with van der Waals surface area (Å²) in [6, 6.07) is 5.87. The van der Waals surface area contributed by atoms with Gasteiger partial charge in [0.05, 0.1) is 12.0 Å². The molecule has 0 radical (unpaired) electrons. The minimum Gasteiger partial charge on any atom is -0.468 e. The number of amides is 1. The Morgan fingerprint density at radius 1 is 1.32 bits per heavy atom. The topological polar surface area (TPSA) is 128 Å². The molecule has 1 aromatic rings. The van der Waals surface area contributed by atoms with Gasteiger partial charge in [-0.15, -0.1) is 12.4 Å². The van der Waals surface area contributed by atoms with Crippen molar-refractivity contribution in [3.05, 3.63) is 24.3 Å². The highest BCUT2D eigenvalue weighted by Crippen LogP contribution is 2.26. The van der Waals surface area contributed by atoms with Crippen molar-refractivity contribution >= 4 is 40.0 Å². The highest BCUT2D eigenvalue weighted by atomic mass is 35.5. The van der Waals surface area contributed by atoms with Gasteiger partial charge in [0.15, 0.2) is 0 Å². The Balaban J connectivity index is 0.00000312. The molecule has 25 heavy (non-hydrogen) atoms. The zero-order valence-electron chi connectivity index (χ0n) is 13.7. The molecule has 0 saturated heterocycles. The lowest BCUT2D eigenvalue weighted by Gasteiger charge is -2.12. The van der Waals surface area contributed by atoms with Gasteiger partial charge in [-0.3, -0.25) is 9.59 Å². The van der Waals surface area contributed by atoms with Crippen LogP contribution in [0.25, 0.3) is 0 Å². The van der Waals surface area contributed by atoms with Crippen molar-refractivity contribution in [1.29, 1.82) is 0 Å². The van der Waals surface area contributed by atoms with E-state index in [-0.39, 0.29) is 35.2 Å². The lowest BCUT2D eigenvalue weighted by Crippen LogP contribution is -2.30. The van der Waals surface area contributed by atoms with E-state index < -0.39 is 22.5 Å². The van der Waals surface area contributed by atoms with Gasteiger partial charge >= 0.3 is 5.97 Å². The zero-order valence-corrected chi connectivity index (χ0v) is 15.4. The summed E-state index contributed by atoms with van der Waals surface area (Å²) in [5.74, 6) is -1.02. The van der Waals surface area contributed by atoms with Crippen LogP contribution in [0.2, 0.25) is 0 Å². The number of halogens is 1. The Labute approximate surface area is 153 Å². The summed E-state index contributed by atoms with van der Waals surface area (Å²) in [5.41, 5.74) is 6.18. The molecule has 1 aromatic carbocycles. The molecule has 4 N–H and O–H groups in total. The summed E-state index contributed by atoms with van der Waals surface area (Å²) < 4.78 is 30.8. The van der Waals surface area contributed by atoms with Crippen LogP contribution >= 0.6 is 12.4 Å². The summed E-state index contributed by atoms with van der Waals surface area (Å²) in [6.45, 7) is -0.463. The number of hydrogen-bond acceptors (Lipinski definition) is 6. The van der Waals surface area contributed by atoms with Crippen LogP contribution in [0, 0.1) is 5.92 Å². The molecular formula is C15H22ClN3O5S. The predicted octanol–water partition coefficient (Wildman–Crippen LogP) is 0.626. The smallest absolute Gasteiger partial charge is 0.320 e. The van der Waals surface area contributed by atoms with Crippen molar-refractivity contribution in [2.45, 2.75) is 30.2 Å². The van der Waals surface area contributed by atoms with Gasteiger partial charge in [-0.1, -0.05) is 6.07 Å². The average Bonchev–Trinajstić information content (AvgIpc) is 2.99. The number of benzene rings is 1. The second kappa shape index (κ2) is 9.14. The molecule has 1 amide bonds. The lowest BCUT2D eigenvalue weighted by atomic mass is 10.1. The van der Waals surface area contributed by atoms with Crippen LogP contribution in [0.3, 0.4) is 0 Å². The minimum absolute atomic E-state index is 0. The fraction of sp³-hybridized carbons (Fsp3) is 0.467. The van der Waals surface area contributed by atoms with E-state index in [9.17, 15) is 18.0 Å². The predicted molar refractivity (Wildman–Crippen MR) is 94.8 cm³/mol. The average molecular weight is 392 g/mol. The quantitative estimate of drug-likeness (QED) is 0.610. The normalized spacial score (nSPS) is 19.8. The van der Waals surface area contributed by atoms with Crippen LogP contribution < -0.4 is 15.8 Å². The maximum absolute atomic E-state index is 12.2. The van der Waals surface area contributed by atoms with Crippen LogP contribution in [0.1, 0.15) is 19.3 Å². The summed E-state index contributed by atoms with van der Waals surface area (Å²) in [4.78, 5) is 23.2. The van der Waals surface area contributed by atoms with E-state index in [0.717, 1.165) is 12.8 Å². The van der Waals surface area contributed by atoms with Crippen molar-refractivity contribution in [2.24, 2.45) is 11.7 Å². The van der Waals surface area contributed by atoms with E-state index in [0.29, 0.717) is 12.1 Å². The van der Waals surface area contributed by atoms with Gasteiger partial charge in [0.2, 0.25) is 15.9 Å². The third kappa shape index (κ3) is 5.96. The second-order valence-corrected chi connectivity index (χ2v) is 7.45. The second-order valence-electron chi connectivity index (χ2n) is 5.69. The van der Waals surface area contributed by atoms with Crippen LogP contribution in [0.5, 0.6) is 0 Å². The number of carbonyl (C=O) groups is 2. The maximum atomic E-state index is 12.2. The van der Waals surface area contributed by atoms with Gasteiger partial charge in [-0.25, -0.2) is 8.42 Å². The Morgan fingerprint density at radius 2 is 2.04 bits per heavy atom. The Morgan fingerprint density at radius 3 is 2.64 bits per heavy atom. The van der Waals surface area contributed by atoms with Gasteiger partial charge < -0.3 is 15.8 Å².